The molecule has 1 aliphatic carbocycles. The Labute approximate surface area is 116 Å². The van der Waals surface area contributed by atoms with E-state index < -0.39 is 20.9 Å². The van der Waals surface area contributed by atoms with Crippen molar-refractivity contribution in [3.05, 3.63) is 0 Å². The van der Waals surface area contributed by atoms with Crippen LogP contribution in [-0.4, -0.2) is 37.2 Å². The lowest BCUT2D eigenvalue weighted by Crippen LogP contribution is -2.55. The summed E-state index contributed by atoms with van der Waals surface area (Å²) in [6, 6.07) is 0. The summed E-state index contributed by atoms with van der Waals surface area (Å²) < 4.78 is 23.6. The number of sulfone groups is 1. The zero-order valence-electron chi connectivity index (χ0n) is 12.1. The van der Waals surface area contributed by atoms with Gasteiger partial charge in [0.2, 0.25) is 0 Å². The molecule has 3 N–H and O–H groups in total. The van der Waals surface area contributed by atoms with Crippen LogP contribution in [0.4, 0.5) is 0 Å². The zero-order valence-corrected chi connectivity index (χ0v) is 12.9. The lowest BCUT2D eigenvalue weighted by molar-refractivity contribution is -0.105. The van der Waals surface area contributed by atoms with Crippen molar-refractivity contribution < 1.29 is 13.5 Å². The van der Waals surface area contributed by atoms with E-state index in [2.05, 4.69) is 13.8 Å². The average Bonchev–Trinajstić information content (AvgIpc) is 2.67. The Morgan fingerprint density at radius 2 is 1.84 bits per heavy atom. The first-order valence-electron chi connectivity index (χ1n) is 7.36. The summed E-state index contributed by atoms with van der Waals surface area (Å²) in [5, 5.41) is 11.0. The Morgan fingerprint density at radius 1 is 1.26 bits per heavy atom. The molecule has 5 heteroatoms. The monoisotopic (exact) mass is 289 g/mol. The normalized spacial score (nSPS) is 42.7. The second kappa shape index (κ2) is 5.01. The molecule has 2 fully saturated rings. The maximum atomic E-state index is 11.8. The predicted octanol–water partition coefficient (Wildman–Crippen LogP) is 1.33. The molecule has 2 aliphatic rings. The Bertz CT molecular complexity index is 424. The molecule has 0 bridgehead atoms. The van der Waals surface area contributed by atoms with Crippen molar-refractivity contribution in [2.24, 2.45) is 23.0 Å². The number of hydrogen-bond donors (Lipinski definition) is 2. The Balaban J connectivity index is 2.16. The van der Waals surface area contributed by atoms with Crippen molar-refractivity contribution in [2.75, 3.05) is 18.1 Å². The fourth-order valence-electron chi connectivity index (χ4n) is 3.95. The molecule has 1 unspecified atom stereocenters. The van der Waals surface area contributed by atoms with Crippen LogP contribution in [0, 0.1) is 17.3 Å². The summed E-state index contributed by atoms with van der Waals surface area (Å²) in [5.74, 6) is 1.53. The van der Waals surface area contributed by atoms with Gasteiger partial charge >= 0.3 is 0 Å². The van der Waals surface area contributed by atoms with Gasteiger partial charge in [-0.15, -0.1) is 0 Å². The van der Waals surface area contributed by atoms with E-state index in [9.17, 15) is 13.5 Å². The summed E-state index contributed by atoms with van der Waals surface area (Å²) >= 11 is 0. The quantitative estimate of drug-likeness (QED) is 0.821. The Morgan fingerprint density at radius 3 is 2.21 bits per heavy atom. The number of hydrogen-bond acceptors (Lipinski definition) is 4. The molecule has 0 amide bonds. The third kappa shape index (κ3) is 2.69. The highest BCUT2D eigenvalue weighted by Crippen LogP contribution is 2.50. The van der Waals surface area contributed by atoms with E-state index in [1.807, 2.05) is 0 Å². The van der Waals surface area contributed by atoms with E-state index in [1.165, 1.54) is 0 Å². The Hall–Kier alpha value is -0.130. The van der Waals surface area contributed by atoms with E-state index in [-0.39, 0.29) is 18.1 Å². The van der Waals surface area contributed by atoms with Gasteiger partial charge in [-0.05, 0) is 43.9 Å². The van der Waals surface area contributed by atoms with Gasteiger partial charge < -0.3 is 10.8 Å². The van der Waals surface area contributed by atoms with E-state index in [0.29, 0.717) is 31.1 Å². The molecule has 4 nitrogen and oxygen atoms in total. The minimum Gasteiger partial charge on any atom is -0.389 e. The molecular weight excluding hydrogens is 262 g/mol. The van der Waals surface area contributed by atoms with Crippen LogP contribution >= 0.6 is 0 Å². The van der Waals surface area contributed by atoms with Crippen LogP contribution < -0.4 is 5.73 Å². The lowest BCUT2D eigenvalue weighted by atomic mass is 9.62. The van der Waals surface area contributed by atoms with Crippen LogP contribution in [-0.2, 0) is 9.84 Å². The van der Waals surface area contributed by atoms with E-state index in [4.69, 9.17) is 5.73 Å². The third-order valence-electron chi connectivity index (χ3n) is 5.57. The average molecular weight is 289 g/mol. The highest BCUT2D eigenvalue weighted by Gasteiger charge is 2.56. The fourth-order valence-corrected chi connectivity index (χ4v) is 6.17. The van der Waals surface area contributed by atoms with Crippen molar-refractivity contribution in [3.63, 3.8) is 0 Å². The van der Waals surface area contributed by atoms with Gasteiger partial charge in [0.25, 0.3) is 0 Å². The molecule has 1 saturated heterocycles. The molecule has 2 rings (SSSR count). The van der Waals surface area contributed by atoms with Crippen LogP contribution in [0.1, 0.15) is 46.0 Å². The summed E-state index contributed by atoms with van der Waals surface area (Å²) in [7, 11) is -3.02. The lowest BCUT2D eigenvalue weighted by Gasteiger charge is -2.48. The fraction of sp³-hybridized carbons (Fsp3) is 1.00. The molecule has 0 aromatic carbocycles. The zero-order chi connectivity index (χ0) is 14.3. The third-order valence-corrected chi connectivity index (χ3v) is 7.38. The molecule has 0 radical (unpaired) electrons. The van der Waals surface area contributed by atoms with Crippen LogP contribution in [0.5, 0.6) is 0 Å². The number of aliphatic hydroxyl groups is 1. The van der Waals surface area contributed by atoms with Crippen molar-refractivity contribution in [2.45, 2.75) is 51.6 Å². The summed E-state index contributed by atoms with van der Waals surface area (Å²) in [5.41, 5.74) is 4.39. The largest absolute Gasteiger partial charge is 0.389 e. The van der Waals surface area contributed by atoms with Gasteiger partial charge in [-0.3, -0.25) is 0 Å². The molecule has 0 aromatic heterocycles. The minimum atomic E-state index is -3.02. The molecule has 112 valence electrons. The molecule has 0 aromatic rings. The topological polar surface area (TPSA) is 80.4 Å². The van der Waals surface area contributed by atoms with E-state index in [1.54, 1.807) is 0 Å². The van der Waals surface area contributed by atoms with Crippen LogP contribution in [0.3, 0.4) is 0 Å². The van der Waals surface area contributed by atoms with Crippen LogP contribution in [0.2, 0.25) is 0 Å². The highest BCUT2D eigenvalue weighted by molar-refractivity contribution is 7.91. The smallest absolute Gasteiger partial charge is 0.151 e. The standard InChI is InChI=1S/C14H27NO3S/c1-11(2)12-3-5-14(16,6-4-12)13(9-15)7-8-19(17,18)10-13/h11-12,16H,3-10,15H2,1-2H3. The van der Waals surface area contributed by atoms with E-state index >= 15 is 0 Å². The summed E-state index contributed by atoms with van der Waals surface area (Å²) in [6.07, 6.45) is 3.88. The highest BCUT2D eigenvalue weighted by atomic mass is 32.2. The SMILES string of the molecule is CC(C)C1CCC(O)(C2(CN)CCS(=O)(=O)C2)CC1. The molecule has 1 heterocycles. The van der Waals surface area contributed by atoms with Gasteiger partial charge in [0, 0.05) is 12.0 Å². The first-order chi connectivity index (χ1) is 8.74. The maximum Gasteiger partial charge on any atom is 0.151 e. The van der Waals surface area contributed by atoms with Gasteiger partial charge in [-0.2, -0.15) is 0 Å². The summed E-state index contributed by atoms with van der Waals surface area (Å²) in [6.45, 7) is 4.70. The van der Waals surface area contributed by atoms with Crippen molar-refractivity contribution in [1.29, 1.82) is 0 Å². The molecule has 19 heavy (non-hydrogen) atoms. The second-order valence-corrected chi connectivity index (χ2v) is 9.12. The van der Waals surface area contributed by atoms with E-state index in [0.717, 1.165) is 12.8 Å². The molecule has 1 aliphatic heterocycles. The first kappa shape index (κ1) is 15.3. The van der Waals surface area contributed by atoms with Crippen molar-refractivity contribution in [1.82, 2.24) is 0 Å². The summed E-state index contributed by atoms with van der Waals surface area (Å²) in [4.78, 5) is 0. The molecule has 1 saturated carbocycles. The number of rotatable bonds is 3. The van der Waals surface area contributed by atoms with Gasteiger partial charge in [-0.25, -0.2) is 8.42 Å². The number of nitrogens with two attached hydrogens (primary N) is 1. The van der Waals surface area contributed by atoms with Crippen LogP contribution in [0.15, 0.2) is 0 Å². The van der Waals surface area contributed by atoms with Gasteiger partial charge in [0.15, 0.2) is 9.84 Å². The van der Waals surface area contributed by atoms with Crippen molar-refractivity contribution in [3.8, 4) is 0 Å². The maximum absolute atomic E-state index is 11.8. The van der Waals surface area contributed by atoms with Crippen molar-refractivity contribution >= 4 is 9.84 Å². The minimum absolute atomic E-state index is 0.0688. The molecular formula is C14H27NO3S. The molecule has 0 spiro atoms. The van der Waals surface area contributed by atoms with Gasteiger partial charge in [-0.1, -0.05) is 13.8 Å². The second-order valence-electron chi connectivity index (χ2n) is 6.94. The predicted molar refractivity (Wildman–Crippen MR) is 76.5 cm³/mol. The molecule has 1 atom stereocenters. The Kier molecular flexibility index (Phi) is 4.02. The van der Waals surface area contributed by atoms with Gasteiger partial charge in [0.05, 0.1) is 17.1 Å². The first-order valence-corrected chi connectivity index (χ1v) is 9.19. The van der Waals surface area contributed by atoms with Gasteiger partial charge in [0.1, 0.15) is 0 Å². The van der Waals surface area contributed by atoms with Crippen LogP contribution in [0.25, 0.3) is 0 Å².